The molecule has 1 aliphatic heterocycles. The Hall–Kier alpha value is -0.310. The van der Waals surface area contributed by atoms with Crippen molar-refractivity contribution in [2.75, 3.05) is 6.61 Å². The molecule has 0 aliphatic carbocycles. The fraction of sp³-hybridized carbons (Fsp3) is 1.00. The molecule has 0 atom stereocenters. The van der Waals surface area contributed by atoms with Crippen LogP contribution in [0.25, 0.3) is 0 Å². The molecule has 1 heterocycles. The SMILES string of the molecule is CCON=[N+]1C(C)(C)CCCC1(C)C.[Cl-]. The van der Waals surface area contributed by atoms with E-state index in [1.165, 1.54) is 19.3 Å². The van der Waals surface area contributed by atoms with Crippen LogP contribution in [-0.4, -0.2) is 22.4 Å². The fourth-order valence-electron chi connectivity index (χ4n) is 2.32. The largest absolute Gasteiger partial charge is 1.00 e. The van der Waals surface area contributed by atoms with E-state index in [4.69, 9.17) is 4.84 Å². The second kappa shape index (κ2) is 5.15. The molecular weight excluding hydrogens is 212 g/mol. The van der Waals surface area contributed by atoms with Gasteiger partial charge in [-0.1, -0.05) is 4.70 Å². The summed E-state index contributed by atoms with van der Waals surface area (Å²) in [7, 11) is 0. The van der Waals surface area contributed by atoms with Crippen molar-refractivity contribution >= 4 is 0 Å². The van der Waals surface area contributed by atoms with Gasteiger partial charge < -0.3 is 17.2 Å². The molecule has 0 aromatic heterocycles. The van der Waals surface area contributed by atoms with Crippen molar-refractivity contribution in [1.29, 1.82) is 0 Å². The third-order valence-corrected chi connectivity index (χ3v) is 2.99. The molecule has 0 N–H and O–H groups in total. The van der Waals surface area contributed by atoms with Crippen molar-refractivity contribution in [1.82, 2.24) is 0 Å². The second-order valence-corrected chi connectivity index (χ2v) is 5.29. The summed E-state index contributed by atoms with van der Waals surface area (Å²) in [5, 5.41) is 4.24. The van der Waals surface area contributed by atoms with Crippen LogP contribution in [0.4, 0.5) is 0 Å². The summed E-state index contributed by atoms with van der Waals surface area (Å²) >= 11 is 0. The topological polar surface area (TPSA) is 24.6 Å². The van der Waals surface area contributed by atoms with Gasteiger partial charge in [0.2, 0.25) is 0 Å². The lowest BCUT2D eigenvalue weighted by molar-refractivity contribution is -0.744. The minimum absolute atomic E-state index is 0. The summed E-state index contributed by atoms with van der Waals surface area (Å²) in [5.74, 6) is 0. The molecule has 4 heteroatoms. The van der Waals surface area contributed by atoms with Crippen LogP contribution in [-0.2, 0) is 4.84 Å². The third-order valence-electron chi connectivity index (χ3n) is 2.99. The smallest absolute Gasteiger partial charge is 0.187 e. The van der Waals surface area contributed by atoms with Gasteiger partial charge in [-0.15, -0.1) is 0 Å². The van der Waals surface area contributed by atoms with E-state index in [-0.39, 0.29) is 23.5 Å². The van der Waals surface area contributed by atoms with Crippen molar-refractivity contribution in [2.45, 2.75) is 65.0 Å². The van der Waals surface area contributed by atoms with Crippen LogP contribution in [0.5, 0.6) is 0 Å². The molecule has 0 aromatic rings. The fourth-order valence-corrected chi connectivity index (χ4v) is 2.32. The molecule has 0 unspecified atom stereocenters. The molecule has 0 radical (unpaired) electrons. The molecule has 0 amide bonds. The summed E-state index contributed by atoms with van der Waals surface area (Å²) in [6.07, 6.45) is 3.65. The van der Waals surface area contributed by atoms with E-state index < -0.39 is 0 Å². The number of hydrogen-bond acceptors (Lipinski definition) is 2. The van der Waals surface area contributed by atoms with Crippen molar-refractivity contribution in [3.63, 3.8) is 0 Å². The Morgan fingerprint density at radius 1 is 1.13 bits per heavy atom. The van der Waals surface area contributed by atoms with Gasteiger partial charge in [0.25, 0.3) is 0 Å². The highest BCUT2D eigenvalue weighted by atomic mass is 35.5. The van der Waals surface area contributed by atoms with Gasteiger partial charge in [-0.3, -0.25) is 0 Å². The lowest BCUT2D eigenvalue weighted by Gasteiger charge is -2.34. The quantitative estimate of drug-likeness (QED) is 0.493. The van der Waals surface area contributed by atoms with E-state index in [2.05, 4.69) is 37.7 Å². The minimum atomic E-state index is 0. The van der Waals surface area contributed by atoms with Crippen LogP contribution in [0, 0.1) is 0 Å². The molecule has 1 aliphatic rings. The van der Waals surface area contributed by atoms with E-state index in [0.29, 0.717) is 6.61 Å². The number of hydrogen-bond donors (Lipinski definition) is 0. The number of halogens is 1. The van der Waals surface area contributed by atoms with Gasteiger partial charge in [0.1, 0.15) is 6.61 Å². The first kappa shape index (κ1) is 14.7. The molecule has 1 fully saturated rings. The first-order valence-electron chi connectivity index (χ1n) is 5.53. The maximum atomic E-state index is 5.20. The Kier molecular flexibility index (Phi) is 5.04. The van der Waals surface area contributed by atoms with Gasteiger partial charge >= 0.3 is 0 Å². The number of nitrogens with zero attached hydrogens (tertiary/aromatic N) is 2. The molecule has 0 bridgehead atoms. The van der Waals surface area contributed by atoms with Crippen LogP contribution in [0.1, 0.15) is 53.9 Å². The van der Waals surface area contributed by atoms with Gasteiger partial charge in [-0.2, -0.15) is 0 Å². The zero-order chi connectivity index (χ0) is 10.8. The van der Waals surface area contributed by atoms with Crippen LogP contribution in [0.2, 0.25) is 0 Å². The Labute approximate surface area is 99.3 Å². The van der Waals surface area contributed by atoms with E-state index in [9.17, 15) is 0 Å². The third kappa shape index (κ3) is 3.33. The lowest BCUT2D eigenvalue weighted by Crippen LogP contribution is -3.00. The highest BCUT2D eigenvalue weighted by Crippen LogP contribution is 2.34. The minimum Gasteiger partial charge on any atom is -1.00 e. The first-order chi connectivity index (χ1) is 6.40. The predicted molar refractivity (Wildman–Crippen MR) is 56.3 cm³/mol. The van der Waals surface area contributed by atoms with Crippen molar-refractivity contribution in [3.8, 4) is 0 Å². The summed E-state index contributed by atoms with van der Waals surface area (Å²) in [6, 6.07) is 0. The molecule has 0 spiro atoms. The maximum Gasteiger partial charge on any atom is 0.187 e. The van der Waals surface area contributed by atoms with E-state index in [1.54, 1.807) is 0 Å². The zero-order valence-electron chi connectivity index (χ0n) is 10.5. The lowest BCUT2D eigenvalue weighted by atomic mass is 9.82. The Morgan fingerprint density at radius 2 is 1.60 bits per heavy atom. The van der Waals surface area contributed by atoms with Gasteiger partial charge in [0.15, 0.2) is 16.4 Å². The van der Waals surface area contributed by atoms with Crippen molar-refractivity contribution in [2.24, 2.45) is 5.28 Å². The Bertz CT molecular complexity index is 219. The highest BCUT2D eigenvalue weighted by Gasteiger charge is 2.48. The number of rotatable bonds is 2. The highest BCUT2D eigenvalue weighted by molar-refractivity contribution is 4.79. The normalized spacial score (nSPS) is 22.9. The van der Waals surface area contributed by atoms with E-state index in [1.807, 2.05) is 6.92 Å². The van der Waals surface area contributed by atoms with Crippen LogP contribution in [0.15, 0.2) is 5.28 Å². The van der Waals surface area contributed by atoms with Gasteiger partial charge in [0.05, 0.1) is 0 Å². The standard InChI is InChI=1S/C11H23N2O.ClH/c1-6-14-12-13-10(2,3)8-7-9-11(13,4)5;/h6-9H2,1-5H3;1H/q+1;/p-1. The summed E-state index contributed by atoms with van der Waals surface area (Å²) in [5.41, 5.74) is 0.244. The van der Waals surface area contributed by atoms with Gasteiger partial charge in [-0.05, 0) is 13.3 Å². The van der Waals surface area contributed by atoms with E-state index >= 15 is 0 Å². The van der Waals surface area contributed by atoms with Crippen molar-refractivity contribution < 1.29 is 21.9 Å². The first-order valence-corrected chi connectivity index (χ1v) is 5.53. The zero-order valence-corrected chi connectivity index (χ0v) is 11.3. The average Bonchev–Trinajstić information content (AvgIpc) is 2.01. The van der Waals surface area contributed by atoms with E-state index in [0.717, 1.165) is 0 Å². The van der Waals surface area contributed by atoms with Crippen molar-refractivity contribution in [3.05, 3.63) is 0 Å². The monoisotopic (exact) mass is 234 g/mol. The predicted octanol–water partition coefficient (Wildman–Crippen LogP) is 0.148. The molecule has 1 rings (SSSR count). The molecule has 90 valence electrons. The second-order valence-electron chi connectivity index (χ2n) is 5.29. The molecule has 0 aromatic carbocycles. The molecule has 1 saturated heterocycles. The van der Waals surface area contributed by atoms with Crippen LogP contribution >= 0.6 is 0 Å². The van der Waals surface area contributed by atoms with Crippen LogP contribution in [0.3, 0.4) is 0 Å². The average molecular weight is 235 g/mol. The van der Waals surface area contributed by atoms with Gasteiger partial charge in [0, 0.05) is 40.5 Å². The molecular formula is C11H23ClN2O. The van der Waals surface area contributed by atoms with Gasteiger partial charge in [-0.25, -0.2) is 0 Å². The molecule has 3 nitrogen and oxygen atoms in total. The molecule has 0 saturated carbocycles. The van der Waals surface area contributed by atoms with Crippen LogP contribution < -0.4 is 12.4 Å². The number of piperidine rings is 1. The Balaban J connectivity index is 0.00000196. The summed E-state index contributed by atoms with van der Waals surface area (Å²) < 4.78 is 2.13. The Morgan fingerprint density at radius 3 is 2.00 bits per heavy atom. The summed E-state index contributed by atoms with van der Waals surface area (Å²) in [4.78, 5) is 5.20. The molecule has 15 heavy (non-hydrogen) atoms. The summed E-state index contributed by atoms with van der Waals surface area (Å²) in [6.45, 7) is 11.5. The maximum absolute atomic E-state index is 5.20.